The average molecular weight is 343 g/mol. The van der Waals surface area contributed by atoms with Crippen molar-refractivity contribution < 1.29 is 14.3 Å². The van der Waals surface area contributed by atoms with Crippen molar-refractivity contribution in [3.63, 3.8) is 0 Å². The Hall–Kier alpha value is -2.91. The summed E-state index contributed by atoms with van der Waals surface area (Å²) in [6, 6.07) is 5.55. The number of rotatable bonds is 2. The van der Waals surface area contributed by atoms with Crippen LogP contribution in [-0.2, 0) is 4.74 Å². The van der Waals surface area contributed by atoms with Crippen molar-refractivity contribution in [2.24, 2.45) is 5.11 Å². The van der Waals surface area contributed by atoms with Crippen molar-refractivity contribution in [1.29, 1.82) is 5.26 Å². The first kappa shape index (κ1) is 18.4. The Morgan fingerprint density at radius 1 is 1.48 bits per heavy atom. The zero-order chi connectivity index (χ0) is 18.8. The summed E-state index contributed by atoms with van der Waals surface area (Å²) in [6.07, 6.45) is -0.632. The first-order valence-electron chi connectivity index (χ1n) is 7.84. The van der Waals surface area contributed by atoms with Crippen LogP contribution < -0.4 is 10.1 Å². The second-order valence-electron chi connectivity index (χ2n) is 7.34. The number of carbonyl (C=O) groups is 1. The molecular formula is C17H21N5O3. The Bertz CT molecular complexity index is 769. The number of hydrogen-bond acceptors (Lipinski definition) is 5. The molecule has 1 aromatic rings. The number of azide groups is 1. The van der Waals surface area contributed by atoms with Crippen LogP contribution in [0.5, 0.6) is 5.75 Å². The van der Waals surface area contributed by atoms with Crippen molar-refractivity contribution in [3.8, 4) is 11.8 Å². The number of amides is 1. The predicted molar refractivity (Wildman–Crippen MR) is 90.9 cm³/mol. The Morgan fingerprint density at radius 3 is 2.72 bits per heavy atom. The molecule has 1 heterocycles. The molecular weight excluding hydrogens is 322 g/mol. The number of nitrogens with zero attached hydrogens (tertiary/aromatic N) is 4. The molecule has 1 aliphatic heterocycles. The van der Waals surface area contributed by atoms with E-state index in [1.807, 2.05) is 6.07 Å². The third-order valence-electron chi connectivity index (χ3n) is 3.74. The van der Waals surface area contributed by atoms with Crippen molar-refractivity contribution >= 4 is 6.09 Å². The molecule has 1 aromatic carbocycles. The van der Waals surface area contributed by atoms with Crippen molar-refractivity contribution in [2.75, 3.05) is 0 Å². The zero-order valence-electron chi connectivity index (χ0n) is 14.9. The number of nitriles is 1. The standard InChI is InChI=1S/C17H21N5O3/c1-16(2,3)25-15(23)20-14-13(21-22-19)11-8-10(9-18)6-7-12(11)24-17(14,4)5/h6-8,13-14H,1-5H3,(H,20,23)/t13-,14+/m1/s1. The minimum absolute atomic E-state index is 0.413. The third kappa shape index (κ3) is 4.14. The van der Waals surface area contributed by atoms with E-state index < -0.39 is 29.4 Å². The number of hydrogen-bond donors (Lipinski definition) is 1. The van der Waals surface area contributed by atoms with Gasteiger partial charge in [0.1, 0.15) is 17.0 Å². The lowest BCUT2D eigenvalue weighted by Crippen LogP contribution is -2.58. The Kier molecular flexibility index (Phi) is 4.82. The van der Waals surface area contributed by atoms with Gasteiger partial charge in [0.25, 0.3) is 0 Å². The summed E-state index contributed by atoms with van der Waals surface area (Å²) >= 11 is 0. The number of nitrogens with one attached hydrogen (secondary N) is 1. The summed E-state index contributed by atoms with van der Waals surface area (Å²) in [4.78, 5) is 15.1. The van der Waals surface area contributed by atoms with Crippen LogP contribution in [0.25, 0.3) is 10.4 Å². The normalized spacial score (nSPS) is 21.0. The molecule has 0 unspecified atom stereocenters. The zero-order valence-corrected chi connectivity index (χ0v) is 14.9. The molecule has 8 nitrogen and oxygen atoms in total. The molecule has 0 aliphatic carbocycles. The molecule has 2 atom stereocenters. The number of benzene rings is 1. The van der Waals surface area contributed by atoms with E-state index in [0.717, 1.165) is 0 Å². The lowest BCUT2D eigenvalue weighted by Gasteiger charge is -2.43. The summed E-state index contributed by atoms with van der Waals surface area (Å²) in [6.45, 7) is 8.85. The van der Waals surface area contributed by atoms with Crippen LogP contribution in [0.2, 0.25) is 0 Å². The molecule has 0 fully saturated rings. The van der Waals surface area contributed by atoms with E-state index in [9.17, 15) is 4.79 Å². The Balaban J connectivity index is 2.44. The van der Waals surface area contributed by atoms with Gasteiger partial charge in [-0.15, -0.1) is 0 Å². The maximum absolute atomic E-state index is 12.2. The first-order chi connectivity index (χ1) is 11.6. The molecule has 0 spiro atoms. The molecule has 0 bridgehead atoms. The van der Waals surface area contributed by atoms with Gasteiger partial charge in [0, 0.05) is 10.5 Å². The van der Waals surface area contributed by atoms with Crippen LogP contribution in [0.4, 0.5) is 4.79 Å². The average Bonchev–Trinajstić information content (AvgIpc) is 2.48. The lowest BCUT2D eigenvalue weighted by atomic mass is 9.84. The highest BCUT2D eigenvalue weighted by Crippen LogP contribution is 2.42. The molecule has 0 aromatic heterocycles. The van der Waals surface area contributed by atoms with E-state index in [1.54, 1.807) is 52.8 Å². The number of ether oxygens (including phenoxy) is 2. The van der Waals surface area contributed by atoms with Gasteiger partial charge in [0.05, 0.1) is 23.7 Å². The fourth-order valence-electron chi connectivity index (χ4n) is 2.72. The van der Waals surface area contributed by atoms with Gasteiger partial charge in [-0.25, -0.2) is 4.79 Å². The molecule has 0 saturated heterocycles. The van der Waals surface area contributed by atoms with Gasteiger partial charge in [0.2, 0.25) is 0 Å². The maximum Gasteiger partial charge on any atom is 0.408 e. The van der Waals surface area contributed by atoms with Crippen LogP contribution in [0.15, 0.2) is 23.3 Å². The largest absolute Gasteiger partial charge is 0.485 e. The van der Waals surface area contributed by atoms with Crippen LogP contribution in [0.1, 0.15) is 51.8 Å². The van der Waals surface area contributed by atoms with E-state index in [1.165, 1.54) is 0 Å². The summed E-state index contributed by atoms with van der Waals surface area (Å²) in [5.41, 5.74) is 8.44. The number of carbonyl (C=O) groups excluding carboxylic acids is 1. The van der Waals surface area contributed by atoms with Crippen molar-refractivity contribution in [3.05, 3.63) is 39.8 Å². The molecule has 0 saturated carbocycles. The summed E-state index contributed by atoms with van der Waals surface area (Å²) in [7, 11) is 0. The van der Waals surface area contributed by atoms with Crippen LogP contribution in [0.3, 0.4) is 0 Å². The highest BCUT2D eigenvalue weighted by molar-refractivity contribution is 5.69. The first-order valence-corrected chi connectivity index (χ1v) is 7.84. The smallest absolute Gasteiger partial charge is 0.408 e. The Labute approximate surface area is 146 Å². The minimum Gasteiger partial charge on any atom is -0.485 e. The molecule has 1 aliphatic rings. The second kappa shape index (κ2) is 6.54. The molecule has 0 radical (unpaired) electrons. The van der Waals surface area contributed by atoms with Crippen molar-refractivity contribution in [2.45, 2.75) is 57.9 Å². The van der Waals surface area contributed by atoms with E-state index in [0.29, 0.717) is 16.9 Å². The molecule has 132 valence electrons. The minimum atomic E-state index is -0.850. The quantitative estimate of drug-likeness (QED) is 0.496. The molecule has 2 rings (SSSR count). The van der Waals surface area contributed by atoms with E-state index in [2.05, 4.69) is 15.3 Å². The highest BCUT2D eigenvalue weighted by atomic mass is 16.6. The summed E-state index contributed by atoms with van der Waals surface area (Å²) in [5, 5.41) is 15.7. The van der Waals surface area contributed by atoms with Gasteiger partial charge in [-0.05, 0) is 58.3 Å². The van der Waals surface area contributed by atoms with E-state index in [-0.39, 0.29) is 0 Å². The SMILES string of the molecule is CC(C)(C)OC(=O)N[C@H]1[C@H](N=[N+]=[N-])c2cc(C#N)ccc2OC1(C)C. The Morgan fingerprint density at radius 2 is 2.16 bits per heavy atom. The van der Waals surface area contributed by atoms with E-state index in [4.69, 9.17) is 20.3 Å². The molecule has 25 heavy (non-hydrogen) atoms. The van der Waals surface area contributed by atoms with Crippen LogP contribution in [0, 0.1) is 11.3 Å². The van der Waals surface area contributed by atoms with Crippen molar-refractivity contribution in [1.82, 2.24) is 5.32 Å². The third-order valence-corrected chi connectivity index (χ3v) is 3.74. The lowest BCUT2D eigenvalue weighted by molar-refractivity contribution is 0.0140. The monoisotopic (exact) mass is 343 g/mol. The fraction of sp³-hybridized carbons (Fsp3) is 0.529. The van der Waals surface area contributed by atoms with Gasteiger partial charge in [0.15, 0.2) is 0 Å². The van der Waals surface area contributed by atoms with Gasteiger partial charge in [-0.1, -0.05) is 5.11 Å². The van der Waals surface area contributed by atoms with Crippen LogP contribution in [-0.4, -0.2) is 23.3 Å². The second-order valence-corrected chi connectivity index (χ2v) is 7.34. The summed E-state index contributed by atoms with van der Waals surface area (Å²) < 4.78 is 11.3. The molecule has 8 heteroatoms. The predicted octanol–water partition coefficient (Wildman–Crippen LogP) is 3.97. The maximum atomic E-state index is 12.2. The number of alkyl carbamates (subject to hydrolysis) is 1. The number of fused-ring (bicyclic) bond motifs is 1. The van der Waals surface area contributed by atoms with Crippen LogP contribution >= 0.6 is 0 Å². The van der Waals surface area contributed by atoms with E-state index >= 15 is 0 Å². The van der Waals surface area contributed by atoms with Gasteiger partial charge in [-0.2, -0.15) is 5.26 Å². The fourth-order valence-corrected chi connectivity index (χ4v) is 2.72. The topological polar surface area (TPSA) is 120 Å². The molecule has 1 amide bonds. The summed E-state index contributed by atoms with van der Waals surface area (Å²) in [5.74, 6) is 0.517. The van der Waals surface area contributed by atoms with Gasteiger partial charge < -0.3 is 14.8 Å². The molecule has 1 N–H and O–H groups in total. The van der Waals surface area contributed by atoms with Gasteiger partial charge >= 0.3 is 6.09 Å². The highest BCUT2D eigenvalue weighted by Gasteiger charge is 2.45. The van der Waals surface area contributed by atoms with Gasteiger partial charge in [-0.3, -0.25) is 0 Å².